The molecule has 2 rings (SSSR count). The second-order valence-electron chi connectivity index (χ2n) is 6.72. The fourth-order valence-corrected chi connectivity index (χ4v) is 3.32. The summed E-state index contributed by atoms with van der Waals surface area (Å²) < 4.78 is 32.9. The number of nitrogens with one attached hydrogen (secondary N) is 1. The van der Waals surface area contributed by atoms with Gasteiger partial charge in [0.2, 0.25) is 5.91 Å². The molecule has 1 fully saturated rings. The number of aliphatic hydroxyl groups excluding tert-OH is 1. The zero-order chi connectivity index (χ0) is 17.7. The van der Waals surface area contributed by atoms with E-state index in [4.69, 9.17) is 4.74 Å². The first-order valence-corrected chi connectivity index (χ1v) is 8.35. The van der Waals surface area contributed by atoms with Gasteiger partial charge < -0.3 is 15.2 Å². The van der Waals surface area contributed by atoms with Crippen LogP contribution in [-0.2, 0) is 14.9 Å². The summed E-state index contributed by atoms with van der Waals surface area (Å²) >= 11 is 0. The number of aliphatic hydroxyl groups is 1. The molecule has 1 amide bonds. The maximum atomic E-state index is 14.3. The van der Waals surface area contributed by atoms with Gasteiger partial charge in [-0.05, 0) is 38.2 Å². The van der Waals surface area contributed by atoms with Crippen LogP contribution in [0.5, 0.6) is 0 Å². The van der Waals surface area contributed by atoms with E-state index in [1.165, 1.54) is 12.1 Å². The normalized spacial score (nSPS) is 19.5. The molecule has 2 atom stereocenters. The van der Waals surface area contributed by atoms with Crippen LogP contribution >= 0.6 is 0 Å². The third-order valence-electron chi connectivity index (χ3n) is 4.58. The lowest BCUT2D eigenvalue weighted by molar-refractivity contribution is -0.130. The average molecular weight is 341 g/mol. The highest BCUT2D eigenvalue weighted by molar-refractivity contribution is 5.88. The van der Waals surface area contributed by atoms with Crippen LogP contribution < -0.4 is 5.32 Å². The maximum Gasteiger partial charge on any atom is 0.230 e. The second kappa shape index (κ2) is 8.03. The molecule has 0 aliphatic carbocycles. The fourth-order valence-electron chi connectivity index (χ4n) is 3.32. The Labute approximate surface area is 141 Å². The summed E-state index contributed by atoms with van der Waals surface area (Å²) in [6, 6.07) is 3.35. The van der Waals surface area contributed by atoms with Crippen molar-refractivity contribution in [1.29, 1.82) is 0 Å². The van der Waals surface area contributed by atoms with Gasteiger partial charge in [0.15, 0.2) is 0 Å². The fraction of sp³-hybridized carbons (Fsp3) is 0.611. The SMILES string of the molecule is C[C@H](CNC(=O)C1(c2ccc(F)cc2F)CCOCC1)C[C@H](C)O. The van der Waals surface area contributed by atoms with Crippen molar-refractivity contribution in [1.82, 2.24) is 5.32 Å². The summed E-state index contributed by atoms with van der Waals surface area (Å²) in [6.45, 7) is 4.74. The molecule has 1 heterocycles. The van der Waals surface area contributed by atoms with Crippen molar-refractivity contribution in [3.63, 3.8) is 0 Å². The molecule has 2 N–H and O–H groups in total. The summed E-state index contributed by atoms with van der Waals surface area (Å²) in [5, 5.41) is 12.3. The lowest BCUT2D eigenvalue weighted by Gasteiger charge is -2.36. The highest BCUT2D eigenvalue weighted by Gasteiger charge is 2.43. The molecule has 1 aromatic rings. The summed E-state index contributed by atoms with van der Waals surface area (Å²) in [7, 11) is 0. The Morgan fingerprint density at radius 2 is 2.00 bits per heavy atom. The van der Waals surface area contributed by atoms with E-state index < -0.39 is 23.2 Å². The Morgan fingerprint density at radius 3 is 2.58 bits per heavy atom. The highest BCUT2D eigenvalue weighted by atomic mass is 19.1. The lowest BCUT2D eigenvalue weighted by atomic mass is 9.73. The van der Waals surface area contributed by atoms with Crippen molar-refractivity contribution in [3.8, 4) is 0 Å². The standard InChI is InChI=1S/C18H25F2NO3/c1-12(9-13(2)22)11-21-17(23)18(5-7-24-8-6-18)15-4-3-14(19)10-16(15)20/h3-4,10,12-13,22H,5-9,11H2,1-2H3,(H,21,23)/t12-,13-/m0/s1. The number of amides is 1. The number of ether oxygens (including phenoxy) is 1. The van der Waals surface area contributed by atoms with E-state index in [1.54, 1.807) is 6.92 Å². The summed E-state index contributed by atoms with van der Waals surface area (Å²) in [6.07, 6.45) is 0.836. The Hall–Kier alpha value is -1.53. The Balaban J connectivity index is 2.19. The van der Waals surface area contributed by atoms with Gasteiger partial charge in [-0.25, -0.2) is 8.78 Å². The molecule has 0 saturated carbocycles. The predicted molar refractivity (Wildman–Crippen MR) is 86.6 cm³/mol. The topological polar surface area (TPSA) is 58.6 Å². The van der Waals surface area contributed by atoms with E-state index >= 15 is 0 Å². The number of carbonyl (C=O) groups excluding carboxylic acids is 1. The molecule has 0 unspecified atom stereocenters. The number of hydrogen-bond donors (Lipinski definition) is 2. The molecule has 1 aromatic carbocycles. The van der Waals surface area contributed by atoms with E-state index in [1.807, 2.05) is 6.92 Å². The van der Waals surface area contributed by atoms with Crippen LogP contribution in [0.1, 0.15) is 38.7 Å². The van der Waals surface area contributed by atoms with Gasteiger partial charge in [0.05, 0.1) is 11.5 Å². The molecule has 6 heteroatoms. The third-order valence-corrected chi connectivity index (χ3v) is 4.58. The lowest BCUT2D eigenvalue weighted by Crippen LogP contribution is -2.49. The van der Waals surface area contributed by atoms with E-state index in [0.717, 1.165) is 6.07 Å². The number of benzene rings is 1. The number of hydrogen-bond acceptors (Lipinski definition) is 3. The quantitative estimate of drug-likeness (QED) is 0.836. The van der Waals surface area contributed by atoms with E-state index in [-0.39, 0.29) is 17.4 Å². The minimum absolute atomic E-state index is 0.101. The molecule has 0 bridgehead atoms. The van der Waals surface area contributed by atoms with Crippen molar-refractivity contribution < 1.29 is 23.4 Å². The zero-order valence-corrected chi connectivity index (χ0v) is 14.1. The molecule has 0 spiro atoms. The molecule has 134 valence electrons. The first-order valence-electron chi connectivity index (χ1n) is 8.35. The Kier molecular flexibility index (Phi) is 6.29. The third kappa shape index (κ3) is 4.30. The van der Waals surface area contributed by atoms with Crippen LogP contribution in [0.3, 0.4) is 0 Å². The van der Waals surface area contributed by atoms with Crippen molar-refractivity contribution in [3.05, 3.63) is 35.4 Å². The van der Waals surface area contributed by atoms with Gasteiger partial charge in [-0.3, -0.25) is 4.79 Å². The van der Waals surface area contributed by atoms with E-state index in [9.17, 15) is 18.7 Å². The van der Waals surface area contributed by atoms with Crippen molar-refractivity contribution in [2.24, 2.45) is 5.92 Å². The number of halogens is 2. The summed E-state index contributed by atoms with van der Waals surface area (Å²) in [4.78, 5) is 12.9. The van der Waals surface area contributed by atoms with Gasteiger partial charge in [-0.15, -0.1) is 0 Å². The minimum Gasteiger partial charge on any atom is -0.393 e. The van der Waals surface area contributed by atoms with Crippen LogP contribution in [0.4, 0.5) is 8.78 Å². The van der Waals surface area contributed by atoms with Gasteiger partial charge in [0.1, 0.15) is 11.6 Å². The van der Waals surface area contributed by atoms with Gasteiger partial charge in [-0.2, -0.15) is 0 Å². The molecule has 1 aliphatic rings. The largest absolute Gasteiger partial charge is 0.393 e. The summed E-state index contributed by atoms with van der Waals surface area (Å²) in [5.41, 5.74) is -0.825. The first-order chi connectivity index (χ1) is 11.3. The van der Waals surface area contributed by atoms with Crippen LogP contribution in [0.15, 0.2) is 18.2 Å². The predicted octanol–water partition coefficient (Wildman–Crippen LogP) is 2.54. The molecule has 24 heavy (non-hydrogen) atoms. The average Bonchev–Trinajstić information content (AvgIpc) is 2.52. The first kappa shape index (κ1) is 18.8. The highest BCUT2D eigenvalue weighted by Crippen LogP contribution is 2.37. The van der Waals surface area contributed by atoms with Crippen LogP contribution in [0.2, 0.25) is 0 Å². The molecular formula is C18H25F2NO3. The van der Waals surface area contributed by atoms with Gasteiger partial charge in [0.25, 0.3) is 0 Å². The Morgan fingerprint density at radius 1 is 1.33 bits per heavy atom. The summed E-state index contributed by atoms with van der Waals surface area (Å²) in [5.74, 6) is -1.54. The number of rotatable bonds is 6. The molecule has 4 nitrogen and oxygen atoms in total. The van der Waals surface area contributed by atoms with E-state index in [0.29, 0.717) is 39.0 Å². The Bertz CT molecular complexity index is 571. The molecule has 1 aliphatic heterocycles. The van der Waals surface area contributed by atoms with Crippen LogP contribution in [0, 0.1) is 17.6 Å². The number of carbonyl (C=O) groups is 1. The molecule has 0 radical (unpaired) electrons. The van der Waals surface area contributed by atoms with Gasteiger partial charge in [-0.1, -0.05) is 13.0 Å². The van der Waals surface area contributed by atoms with Crippen molar-refractivity contribution in [2.75, 3.05) is 19.8 Å². The monoisotopic (exact) mass is 341 g/mol. The molecule has 0 aromatic heterocycles. The molecule has 1 saturated heterocycles. The smallest absolute Gasteiger partial charge is 0.230 e. The molecular weight excluding hydrogens is 316 g/mol. The maximum absolute atomic E-state index is 14.3. The van der Waals surface area contributed by atoms with Crippen molar-refractivity contribution in [2.45, 2.75) is 44.6 Å². The van der Waals surface area contributed by atoms with Gasteiger partial charge >= 0.3 is 0 Å². The van der Waals surface area contributed by atoms with Crippen LogP contribution in [0.25, 0.3) is 0 Å². The zero-order valence-electron chi connectivity index (χ0n) is 14.1. The van der Waals surface area contributed by atoms with E-state index in [2.05, 4.69) is 5.32 Å². The van der Waals surface area contributed by atoms with Gasteiger partial charge in [0, 0.05) is 31.4 Å². The second-order valence-corrected chi connectivity index (χ2v) is 6.72. The van der Waals surface area contributed by atoms with Crippen molar-refractivity contribution >= 4 is 5.91 Å². The minimum atomic E-state index is -1.04. The van der Waals surface area contributed by atoms with Crippen LogP contribution in [-0.4, -0.2) is 36.9 Å².